The van der Waals surface area contributed by atoms with E-state index in [0.717, 1.165) is 29.9 Å². The largest absolute Gasteiger partial charge is 0.382 e. The SMILES string of the molecule is CCOCCCNC(=O)c1cc2nccc(-c3cnn(CC)c3C)n2n1. The number of ether oxygens (including phenoxy) is 1. The predicted molar refractivity (Wildman–Crippen MR) is 98.1 cm³/mol. The second-order valence-corrected chi connectivity index (χ2v) is 5.90. The maximum atomic E-state index is 12.3. The molecule has 0 unspecified atom stereocenters. The molecule has 0 aliphatic heterocycles. The number of hydrogen-bond acceptors (Lipinski definition) is 5. The lowest BCUT2D eigenvalue weighted by Crippen LogP contribution is -2.25. The molecule has 1 N–H and O–H groups in total. The molecule has 0 atom stereocenters. The lowest BCUT2D eigenvalue weighted by Gasteiger charge is -2.05. The van der Waals surface area contributed by atoms with E-state index in [9.17, 15) is 4.79 Å². The third-order valence-electron chi connectivity index (χ3n) is 4.22. The minimum atomic E-state index is -0.209. The number of rotatable bonds is 8. The highest BCUT2D eigenvalue weighted by atomic mass is 16.5. The Morgan fingerprint density at radius 3 is 2.92 bits per heavy atom. The number of carbonyl (C=O) groups excluding carboxylic acids is 1. The van der Waals surface area contributed by atoms with Gasteiger partial charge < -0.3 is 10.1 Å². The van der Waals surface area contributed by atoms with Crippen molar-refractivity contribution in [2.45, 2.75) is 33.7 Å². The topological polar surface area (TPSA) is 86.3 Å². The first-order valence-electron chi connectivity index (χ1n) is 8.89. The summed E-state index contributed by atoms with van der Waals surface area (Å²) in [4.78, 5) is 16.7. The quantitative estimate of drug-likeness (QED) is 0.625. The summed E-state index contributed by atoms with van der Waals surface area (Å²) in [6.07, 6.45) is 4.31. The molecule has 0 aliphatic rings. The zero-order valence-electron chi connectivity index (χ0n) is 15.4. The molecule has 0 aromatic carbocycles. The highest BCUT2D eigenvalue weighted by Crippen LogP contribution is 2.23. The van der Waals surface area contributed by atoms with Crippen LogP contribution >= 0.6 is 0 Å². The van der Waals surface area contributed by atoms with Crippen LogP contribution in [0.4, 0.5) is 0 Å². The van der Waals surface area contributed by atoms with E-state index in [1.807, 2.05) is 37.7 Å². The predicted octanol–water partition coefficient (Wildman–Crippen LogP) is 2.08. The number of aromatic nitrogens is 5. The Bertz CT molecular complexity index is 898. The molecule has 0 saturated carbocycles. The molecule has 8 nitrogen and oxygen atoms in total. The molecule has 3 rings (SSSR count). The summed E-state index contributed by atoms with van der Waals surface area (Å²) in [5.41, 5.74) is 3.87. The summed E-state index contributed by atoms with van der Waals surface area (Å²) in [5, 5.41) is 11.7. The summed E-state index contributed by atoms with van der Waals surface area (Å²) >= 11 is 0. The number of hydrogen-bond donors (Lipinski definition) is 1. The molecule has 8 heteroatoms. The first-order valence-corrected chi connectivity index (χ1v) is 8.89. The molecule has 3 heterocycles. The number of nitrogens with zero attached hydrogens (tertiary/aromatic N) is 5. The van der Waals surface area contributed by atoms with Crippen molar-refractivity contribution in [3.8, 4) is 11.3 Å². The van der Waals surface area contributed by atoms with Crippen LogP contribution in [-0.4, -0.2) is 50.0 Å². The summed E-state index contributed by atoms with van der Waals surface area (Å²) < 4.78 is 8.89. The van der Waals surface area contributed by atoms with Crippen molar-refractivity contribution in [2.75, 3.05) is 19.8 Å². The fourth-order valence-electron chi connectivity index (χ4n) is 2.84. The minimum absolute atomic E-state index is 0.209. The highest BCUT2D eigenvalue weighted by molar-refractivity contribution is 5.93. The summed E-state index contributed by atoms with van der Waals surface area (Å²) in [6.45, 7) is 8.69. The van der Waals surface area contributed by atoms with Gasteiger partial charge >= 0.3 is 0 Å². The summed E-state index contributed by atoms with van der Waals surface area (Å²) in [6, 6.07) is 3.58. The third-order valence-corrected chi connectivity index (χ3v) is 4.22. The summed E-state index contributed by atoms with van der Waals surface area (Å²) in [7, 11) is 0. The number of amides is 1. The minimum Gasteiger partial charge on any atom is -0.382 e. The van der Waals surface area contributed by atoms with Gasteiger partial charge in [0.2, 0.25) is 0 Å². The molecule has 26 heavy (non-hydrogen) atoms. The van der Waals surface area contributed by atoms with Gasteiger partial charge in [-0.1, -0.05) is 0 Å². The van der Waals surface area contributed by atoms with Gasteiger partial charge in [-0.25, -0.2) is 9.50 Å². The number of aryl methyl sites for hydroxylation is 1. The lowest BCUT2D eigenvalue weighted by atomic mass is 10.2. The van der Waals surface area contributed by atoms with E-state index in [0.29, 0.717) is 31.1 Å². The maximum absolute atomic E-state index is 12.3. The standard InChI is InChI=1S/C18H24N6O2/c1-4-23-13(3)14(12-21-23)16-7-9-19-17-11-15(22-24(16)17)18(25)20-8-6-10-26-5-2/h7,9,11-12H,4-6,8,10H2,1-3H3,(H,20,25). The smallest absolute Gasteiger partial charge is 0.271 e. The van der Waals surface area contributed by atoms with E-state index in [-0.39, 0.29) is 5.91 Å². The number of carbonyl (C=O) groups is 1. The third kappa shape index (κ3) is 3.60. The fourth-order valence-corrected chi connectivity index (χ4v) is 2.84. The normalized spacial score (nSPS) is 11.2. The molecule has 3 aromatic rings. The van der Waals surface area contributed by atoms with Crippen molar-refractivity contribution in [2.24, 2.45) is 0 Å². The van der Waals surface area contributed by atoms with Crippen LogP contribution < -0.4 is 5.32 Å². The van der Waals surface area contributed by atoms with Gasteiger partial charge in [-0.05, 0) is 33.3 Å². The fraction of sp³-hybridized carbons (Fsp3) is 0.444. The Morgan fingerprint density at radius 2 is 2.19 bits per heavy atom. The zero-order chi connectivity index (χ0) is 18.5. The van der Waals surface area contributed by atoms with E-state index in [2.05, 4.69) is 20.5 Å². The van der Waals surface area contributed by atoms with Crippen LogP contribution in [0.25, 0.3) is 16.9 Å². The molecular formula is C18H24N6O2. The molecular weight excluding hydrogens is 332 g/mol. The van der Waals surface area contributed by atoms with Gasteiger partial charge in [0, 0.05) is 49.8 Å². The van der Waals surface area contributed by atoms with E-state index < -0.39 is 0 Å². The van der Waals surface area contributed by atoms with Crippen LogP contribution in [0.15, 0.2) is 24.5 Å². The number of fused-ring (bicyclic) bond motifs is 1. The Morgan fingerprint density at radius 1 is 1.35 bits per heavy atom. The maximum Gasteiger partial charge on any atom is 0.271 e. The highest BCUT2D eigenvalue weighted by Gasteiger charge is 2.16. The van der Waals surface area contributed by atoms with Crippen LogP contribution in [0.1, 0.15) is 36.5 Å². The zero-order valence-corrected chi connectivity index (χ0v) is 15.4. The molecule has 0 radical (unpaired) electrons. The molecule has 0 fully saturated rings. The lowest BCUT2D eigenvalue weighted by molar-refractivity contribution is 0.0939. The van der Waals surface area contributed by atoms with Crippen molar-refractivity contribution in [3.05, 3.63) is 35.9 Å². The molecule has 0 aliphatic carbocycles. The second-order valence-electron chi connectivity index (χ2n) is 5.90. The van der Waals surface area contributed by atoms with E-state index >= 15 is 0 Å². The monoisotopic (exact) mass is 356 g/mol. The molecule has 1 amide bonds. The van der Waals surface area contributed by atoms with Crippen molar-refractivity contribution in [1.82, 2.24) is 29.7 Å². The molecule has 3 aromatic heterocycles. The molecule has 0 bridgehead atoms. The van der Waals surface area contributed by atoms with Crippen LogP contribution in [0.5, 0.6) is 0 Å². The molecule has 0 spiro atoms. The summed E-state index contributed by atoms with van der Waals surface area (Å²) in [5.74, 6) is -0.209. The Balaban J connectivity index is 1.83. The van der Waals surface area contributed by atoms with E-state index in [4.69, 9.17) is 4.74 Å². The van der Waals surface area contributed by atoms with Crippen LogP contribution in [0.3, 0.4) is 0 Å². The van der Waals surface area contributed by atoms with Gasteiger partial charge in [0.25, 0.3) is 5.91 Å². The van der Waals surface area contributed by atoms with Crippen molar-refractivity contribution in [3.63, 3.8) is 0 Å². The van der Waals surface area contributed by atoms with Crippen molar-refractivity contribution in [1.29, 1.82) is 0 Å². The van der Waals surface area contributed by atoms with Crippen molar-refractivity contribution >= 4 is 11.6 Å². The molecule has 138 valence electrons. The second kappa shape index (κ2) is 8.09. The van der Waals surface area contributed by atoms with Crippen LogP contribution in [-0.2, 0) is 11.3 Å². The van der Waals surface area contributed by atoms with E-state index in [1.54, 1.807) is 16.8 Å². The average Bonchev–Trinajstić information content (AvgIpc) is 3.24. The Hall–Kier alpha value is -2.74. The van der Waals surface area contributed by atoms with Gasteiger partial charge in [-0.3, -0.25) is 9.48 Å². The van der Waals surface area contributed by atoms with Crippen LogP contribution in [0, 0.1) is 6.92 Å². The van der Waals surface area contributed by atoms with Gasteiger partial charge in [-0.15, -0.1) is 0 Å². The van der Waals surface area contributed by atoms with Gasteiger partial charge in [0.1, 0.15) is 0 Å². The van der Waals surface area contributed by atoms with Gasteiger partial charge in [-0.2, -0.15) is 10.2 Å². The average molecular weight is 356 g/mol. The van der Waals surface area contributed by atoms with Gasteiger partial charge in [0.15, 0.2) is 11.3 Å². The van der Waals surface area contributed by atoms with Crippen molar-refractivity contribution < 1.29 is 9.53 Å². The number of nitrogens with one attached hydrogen (secondary N) is 1. The first-order chi connectivity index (χ1) is 12.7. The van der Waals surface area contributed by atoms with E-state index in [1.165, 1.54) is 0 Å². The van der Waals surface area contributed by atoms with Crippen LogP contribution in [0.2, 0.25) is 0 Å². The molecule has 0 saturated heterocycles. The first kappa shape index (κ1) is 18.1. The Labute approximate surface area is 152 Å². The Kier molecular flexibility index (Phi) is 5.62. The van der Waals surface area contributed by atoms with Gasteiger partial charge in [0.05, 0.1) is 11.9 Å².